The molecule has 2 aromatic heterocycles. The Kier molecular flexibility index (Phi) is 14.5. The number of halogens is 3. The summed E-state index contributed by atoms with van der Waals surface area (Å²) in [5.41, 5.74) is 8.69. The predicted octanol–water partition coefficient (Wildman–Crippen LogP) is 5.75. The van der Waals surface area contributed by atoms with Gasteiger partial charge in [0.15, 0.2) is 0 Å². The van der Waals surface area contributed by atoms with Crippen molar-refractivity contribution in [3.05, 3.63) is 83.7 Å². The van der Waals surface area contributed by atoms with E-state index in [0.717, 1.165) is 5.56 Å². The van der Waals surface area contributed by atoms with Crippen LogP contribution in [0.2, 0.25) is 0 Å². The normalized spacial score (nSPS) is 18.5. The molecule has 4 N–H and O–H groups in total. The number of anilines is 1. The fourth-order valence-electron chi connectivity index (χ4n) is 7.59. The molecular weight excluding hydrogens is 786 g/mol. The van der Waals surface area contributed by atoms with Gasteiger partial charge in [0.2, 0.25) is 0 Å². The van der Waals surface area contributed by atoms with Crippen molar-refractivity contribution < 1.29 is 51.6 Å². The topological polar surface area (TPSA) is 166 Å². The Morgan fingerprint density at radius 1 is 1.10 bits per heavy atom. The van der Waals surface area contributed by atoms with Gasteiger partial charge >= 0.3 is 24.2 Å². The van der Waals surface area contributed by atoms with E-state index in [1.807, 2.05) is 30.9 Å². The SMILES string of the molecule is CO[C@@H](C)c1ncccc1-c1c(CC(C)(C)CO)c2cc(N3CCO[C@@H](C[C@H](NC(=O)OCc4ccccc4)C(=O)OC(=O)C4CCCNN4)C3)ccc2n1CC(F)(F)F. The molecule has 14 nitrogen and oxygen atoms in total. The number of aliphatic hydroxyl groups excluding tert-OH is 1. The first-order valence-electron chi connectivity index (χ1n) is 20.0. The van der Waals surface area contributed by atoms with Crippen LogP contribution in [0.15, 0.2) is 66.9 Å². The fraction of sp³-hybridized carbons (Fsp3) is 0.488. The van der Waals surface area contributed by atoms with E-state index < -0.39 is 60.5 Å². The third-order valence-corrected chi connectivity index (χ3v) is 10.8. The molecule has 2 aliphatic heterocycles. The van der Waals surface area contributed by atoms with E-state index in [-0.39, 0.29) is 39.2 Å². The number of esters is 2. The van der Waals surface area contributed by atoms with Gasteiger partial charge in [-0.2, -0.15) is 13.2 Å². The van der Waals surface area contributed by atoms with E-state index >= 15 is 0 Å². The number of nitrogens with zero attached hydrogens (tertiary/aromatic N) is 3. The number of benzene rings is 2. The van der Waals surface area contributed by atoms with Gasteiger partial charge in [-0.15, -0.1) is 0 Å². The highest BCUT2D eigenvalue weighted by molar-refractivity contribution is 5.95. The average Bonchev–Trinajstić information content (AvgIpc) is 3.52. The number of aromatic nitrogens is 2. The van der Waals surface area contributed by atoms with Crippen LogP contribution in [0, 0.1) is 5.41 Å². The zero-order valence-electron chi connectivity index (χ0n) is 34.2. The maximum atomic E-state index is 14.4. The number of hydrogen-bond acceptors (Lipinski definition) is 12. The van der Waals surface area contributed by atoms with Crippen LogP contribution in [-0.2, 0) is 48.1 Å². The van der Waals surface area contributed by atoms with Gasteiger partial charge in [-0.25, -0.2) is 19.8 Å². The van der Waals surface area contributed by atoms with Gasteiger partial charge in [0.05, 0.1) is 30.2 Å². The van der Waals surface area contributed by atoms with Crippen molar-refractivity contribution >= 4 is 34.6 Å². The molecule has 2 aliphatic rings. The summed E-state index contributed by atoms with van der Waals surface area (Å²) in [6, 6.07) is 15.6. The molecule has 4 aromatic rings. The van der Waals surface area contributed by atoms with Gasteiger partial charge in [0, 0.05) is 68.1 Å². The molecule has 4 heterocycles. The number of ether oxygens (including phenoxy) is 4. The van der Waals surface area contributed by atoms with Crippen molar-refractivity contribution in [3.8, 4) is 11.3 Å². The number of hydrogen-bond donors (Lipinski definition) is 4. The monoisotopic (exact) mass is 838 g/mol. The average molecular weight is 839 g/mol. The van der Waals surface area contributed by atoms with Crippen LogP contribution in [-0.4, -0.2) is 97.0 Å². The van der Waals surface area contributed by atoms with Crippen LogP contribution < -0.4 is 21.1 Å². The molecule has 1 unspecified atom stereocenters. The second-order valence-corrected chi connectivity index (χ2v) is 16.0. The second-order valence-electron chi connectivity index (χ2n) is 16.0. The Morgan fingerprint density at radius 3 is 2.58 bits per heavy atom. The minimum atomic E-state index is -4.57. The number of fused-ring (bicyclic) bond motifs is 1. The fourth-order valence-corrected chi connectivity index (χ4v) is 7.59. The van der Waals surface area contributed by atoms with Gasteiger partial charge in [0.25, 0.3) is 0 Å². The van der Waals surface area contributed by atoms with Crippen LogP contribution in [0.5, 0.6) is 0 Å². The van der Waals surface area contributed by atoms with Crippen molar-refractivity contribution in [1.82, 2.24) is 25.7 Å². The molecule has 60 heavy (non-hydrogen) atoms. The molecule has 1 amide bonds. The maximum absolute atomic E-state index is 14.4. The summed E-state index contributed by atoms with van der Waals surface area (Å²) in [5.74, 6) is -1.76. The summed E-state index contributed by atoms with van der Waals surface area (Å²) < 4.78 is 66.9. The third kappa shape index (κ3) is 11.2. The zero-order chi connectivity index (χ0) is 43.0. The number of carbonyl (C=O) groups excluding carboxylic acids is 3. The Morgan fingerprint density at radius 2 is 1.88 bits per heavy atom. The van der Waals surface area contributed by atoms with E-state index in [2.05, 4.69) is 21.2 Å². The van der Waals surface area contributed by atoms with Crippen LogP contribution in [0.3, 0.4) is 0 Å². The molecule has 4 atom stereocenters. The van der Waals surface area contributed by atoms with Crippen molar-refractivity contribution in [1.29, 1.82) is 0 Å². The summed E-state index contributed by atoms with van der Waals surface area (Å²) in [6.07, 6.45) is -3.75. The number of pyridine rings is 1. The standard InChI is InChI=1S/C43H53F3N6O8/c1-27(57-4)37-31(12-8-16-47-37)38-33(22-42(2,3)26-53)32-20-29(14-15-36(32)52(38)25-43(44,45)46)51-18-19-58-30(23-51)21-35(40(55)60-39(54)34-13-9-17-48-50-34)49-41(56)59-24-28-10-6-5-7-11-28/h5-8,10-12,14-16,20,27,30,34-35,48,50,53H,9,13,17-19,21-26H2,1-4H3,(H,49,56)/t27-,30-,34?,35-/m0/s1. The summed E-state index contributed by atoms with van der Waals surface area (Å²) in [4.78, 5) is 46.0. The van der Waals surface area contributed by atoms with E-state index in [4.69, 9.17) is 18.9 Å². The third-order valence-electron chi connectivity index (χ3n) is 10.8. The number of alkyl halides is 3. The van der Waals surface area contributed by atoms with Crippen molar-refractivity contribution in [2.24, 2.45) is 5.41 Å². The largest absolute Gasteiger partial charge is 0.445 e. The van der Waals surface area contributed by atoms with Crippen LogP contribution >= 0.6 is 0 Å². The molecule has 0 spiro atoms. The number of methoxy groups -OCH3 is 1. The number of amides is 1. The zero-order valence-corrected chi connectivity index (χ0v) is 34.2. The number of hydrazine groups is 1. The number of aliphatic hydroxyl groups is 1. The first-order valence-corrected chi connectivity index (χ1v) is 20.0. The smallest absolute Gasteiger partial charge is 0.408 e. The minimum absolute atomic E-state index is 0.0569. The van der Waals surface area contributed by atoms with Gasteiger partial charge in [0.1, 0.15) is 25.2 Å². The molecular formula is C43H53F3N6O8. The highest BCUT2D eigenvalue weighted by Gasteiger charge is 2.36. The number of morpholine rings is 1. The highest BCUT2D eigenvalue weighted by atomic mass is 19.4. The Balaban J connectivity index is 1.31. The Hall–Kier alpha value is -5.07. The van der Waals surface area contributed by atoms with Crippen LogP contribution in [0.4, 0.5) is 23.7 Å². The molecule has 0 radical (unpaired) electrons. The minimum Gasteiger partial charge on any atom is -0.445 e. The Labute approximate surface area is 346 Å². The predicted molar refractivity (Wildman–Crippen MR) is 217 cm³/mol. The lowest BCUT2D eigenvalue weighted by molar-refractivity contribution is -0.164. The molecule has 17 heteroatoms. The number of alkyl carbamates (subject to hydrolysis) is 1. The van der Waals surface area contributed by atoms with E-state index in [9.17, 15) is 32.7 Å². The molecule has 2 saturated heterocycles. The summed E-state index contributed by atoms with van der Waals surface area (Å²) in [6.45, 7) is 5.46. The lowest BCUT2D eigenvalue weighted by Crippen LogP contribution is -2.53. The van der Waals surface area contributed by atoms with E-state index in [0.29, 0.717) is 65.0 Å². The molecule has 0 aliphatic carbocycles. The Bertz CT molecular complexity index is 2110. The van der Waals surface area contributed by atoms with Crippen molar-refractivity contribution in [2.75, 3.05) is 44.9 Å². The van der Waals surface area contributed by atoms with E-state index in [1.165, 1.54) is 11.7 Å². The summed E-state index contributed by atoms with van der Waals surface area (Å²) in [5, 5.41) is 13.5. The van der Waals surface area contributed by atoms with Crippen molar-refractivity contribution in [3.63, 3.8) is 0 Å². The molecule has 6 rings (SSSR count). The highest BCUT2D eigenvalue weighted by Crippen LogP contribution is 2.42. The second kappa shape index (κ2) is 19.5. The first kappa shape index (κ1) is 44.5. The molecule has 2 fully saturated rings. The lowest BCUT2D eigenvalue weighted by atomic mass is 9.84. The van der Waals surface area contributed by atoms with Gasteiger partial charge < -0.3 is 38.8 Å². The summed E-state index contributed by atoms with van der Waals surface area (Å²) >= 11 is 0. The number of nitrogens with one attached hydrogen (secondary N) is 3. The molecule has 0 saturated carbocycles. The molecule has 324 valence electrons. The van der Waals surface area contributed by atoms with Crippen LogP contribution in [0.1, 0.15) is 63.0 Å². The van der Waals surface area contributed by atoms with Gasteiger partial charge in [-0.3, -0.25) is 10.4 Å². The maximum Gasteiger partial charge on any atom is 0.408 e. The molecule has 0 bridgehead atoms. The van der Waals surface area contributed by atoms with Gasteiger partial charge in [-0.1, -0.05) is 44.2 Å². The van der Waals surface area contributed by atoms with Gasteiger partial charge in [-0.05, 0) is 73.1 Å². The molecule has 2 aromatic carbocycles. The summed E-state index contributed by atoms with van der Waals surface area (Å²) in [7, 11) is 1.51. The quantitative estimate of drug-likeness (QED) is 0.0848. The number of carbonyl (C=O) groups is 3. The van der Waals surface area contributed by atoms with E-state index in [1.54, 1.807) is 61.7 Å². The first-order chi connectivity index (χ1) is 28.7. The van der Waals surface area contributed by atoms with Crippen molar-refractivity contribution in [2.45, 2.75) is 90.1 Å². The lowest BCUT2D eigenvalue weighted by Gasteiger charge is -2.36. The van der Waals surface area contributed by atoms with Crippen LogP contribution in [0.25, 0.3) is 22.2 Å². The number of rotatable bonds is 15.